The highest BCUT2D eigenvalue weighted by Crippen LogP contribution is 2.58. The van der Waals surface area contributed by atoms with E-state index in [1.54, 1.807) is 0 Å². The third kappa shape index (κ3) is 4.86. The van der Waals surface area contributed by atoms with Gasteiger partial charge in [-0.3, -0.25) is 0 Å². The molecule has 0 bridgehead atoms. The van der Waals surface area contributed by atoms with Crippen molar-refractivity contribution in [1.29, 1.82) is 0 Å². The SMILES string of the molecule is c1ccc(-c2ccc(N(c3ccccc3)c3ccc(-c4cccc5c4-c4ccccc4C5(c4ccccc4)c4ccccc4)cc3)cc2)cc1. The van der Waals surface area contributed by atoms with Gasteiger partial charge in [-0.15, -0.1) is 0 Å². The van der Waals surface area contributed by atoms with Gasteiger partial charge in [0.25, 0.3) is 0 Å². The lowest BCUT2D eigenvalue weighted by atomic mass is 9.67. The Bertz CT molecular complexity index is 2340. The third-order valence-electron chi connectivity index (χ3n) is 10.2. The second kappa shape index (κ2) is 12.5. The van der Waals surface area contributed by atoms with Crippen LogP contribution in [-0.4, -0.2) is 0 Å². The van der Waals surface area contributed by atoms with E-state index in [9.17, 15) is 0 Å². The zero-order chi connectivity index (χ0) is 33.3. The summed E-state index contributed by atoms with van der Waals surface area (Å²) >= 11 is 0. The summed E-state index contributed by atoms with van der Waals surface area (Å²) in [7, 11) is 0. The fourth-order valence-electron chi connectivity index (χ4n) is 7.98. The van der Waals surface area contributed by atoms with E-state index in [1.165, 1.54) is 55.6 Å². The van der Waals surface area contributed by atoms with E-state index in [-0.39, 0.29) is 0 Å². The minimum atomic E-state index is -0.416. The van der Waals surface area contributed by atoms with Crippen molar-refractivity contribution in [2.24, 2.45) is 0 Å². The first-order valence-electron chi connectivity index (χ1n) is 17.3. The van der Waals surface area contributed by atoms with Crippen LogP contribution in [0.25, 0.3) is 33.4 Å². The molecule has 0 radical (unpaired) electrons. The van der Waals surface area contributed by atoms with E-state index < -0.39 is 5.41 Å². The van der Waals surface area contributed by atoms with Gasteiger partial charge in [-0.2, -0.15) is 0 Å². The maximum Gasteiger partial charge on any atom is 0.0713 e. The fraction of sp³-hybridized carbons (Fsp3) is 0.0204. The molecule has 0 aromatic heterocycles. The molecule has 1 nitrogen and oxygen atoms in total. The Morgan fingerprint density at radius 2 is 0.700 bits per heavy atom. The number of nitrogens with zero attached hydrogens (tertiary/aromatic N) is 1. The number of fused-ring (bicyclic) bond motifs is 3. The maximum atomic E-state index is 2.34. The molecule has 0 atom stereocenters. The van der Waals surface area contributed by atoms with Crippen molar-refractivity contribution in [3.8, 4) is 33.4 Å². The summed E-state index contributed by atoms with van der Waals surface area (Å²) in [6, 6.07) is 77.0. The Morgan fingerprint density at radius 3 is 1.30 bits per heavy atom. The molecule has 1 aliphatic rings. The van der Waals surface area contributed by atoms with Crippen LogP contribution in [0, 0.1) is 0 Å². The summed E-state index contributed by atoms with van der Waals surface area (Å²) in [5.74, 6) is 0. The number of hydrogen-bond acceptors (Lipinski definition) is 1. The molecular weight excluding hydrogens is 603 g/mol. The Balaban J connectivity index is 1.17. The van der Waals surface area contributed by atoms with Gasteiger partial charge in [-0.25, -0.2) is 0 Å². The monoisotopic (exact) mass is 637 g/mol. The molecule has 0 N–H and O–H groups in total. The van der Waals surface area contributed by atoms with E-state index in [0.717, 1.165) is 17.1 Å². The van der Waals surface area contributed by atoms with Crippen molar-refractivity contribution in [3.05, 3.63) is 235 Å². The highest BCUT2D eigenvalue weighted by atomic mass is 15.1. The average molecular weight is 638 g/mol. The van der Waals surface area contributed by atoms with Gasteiger partial charge in [-0.05, 0) is 92.0 Å². The molecule has 0 amide bonds. The Morgan fingerprint density at radius 1 is 0.280 bits per heavy atom. The van der Waals surface area contributed by atoms with Gasteiger partial charge in [-0.1, -0.05) is 176 Å². The number of hydrogen-bond donors (Lipinski definition) is 0. The molecule has 0 unspecified atom stereocenters. The van der Waals surface area contributed by atoms with Gasteiger partial charge in [0, 0.05) is 17.1 Å². The minimum Gasteiger partial charge on any atom is -0.311 e. The van der Waals surface area contributed by atoms with Crippen LogP contribution >= 0.6 is 0 Å². The van der Waals surface area contributed by atoms with E-state index in [1.807, 2.05) is 0 Å². The first-order chi connectivity index (χ1) is 24.8. The van der Waals surface area contributed by atoms with Gasteiger partial charge in [0.2, 0.25) is 0 Å². The minimum absolute atomic E-state index is 0.416. The smallest absolute Gasteiger partial charge is 0.0713 e. The van der Waals surface area contributed by atoms with E-state index >= 15 is 0 Å². The quantitative estimate of drug-likeness (QED) is 0.168. The van der Waals surface area contributed by atoms with Crippen LogP contribution in [0.3, 0.4) is 0 Å². The molecule has 1 aliphatic carbocycles. The molecule has 1 heteroatoms. The van der Waals surface area contributed by atoms with Crippen LogP contribution < -0.4 is 4.90 Å². The molecule has 0 saturated heterocycles. The molecule has 50 heavy (non-hydrogen) atoms. The van der Waals surface area contributed by atoms with Gasteiger partial charge in [0.05, 0.1) is 5.41 Å². The third-order valence-corrected chi connectivity index (χ3v) is 10.2. The highest BCUT2D eigenvalue weighted by Gasteiger charge is 2.46. The second-order valence-corrected chi connectivity index (χ2v) is 12.9. The predicted octanol–water partition coefficient (Wildman–Crippen LogP) is 12.9. The number of anilines is 3. The van der Waals surface area contributed by atoms with Crippen LogP contribution in [0.2, 0.25) is 0 Å². The Kier molecular flexibility index (Phi) is 7.44. The molecule has 0 spiro atoms. The topological polar surface area (TPSA) is 3.24 Å². The lowest BCUT2D eigenvalue weighted by Crippen LogP contribution is -2.28. The lowest BCUT2D eigenvalue weighted by molar-refractivity contribution is 0.768. The van der Waals surface area contributed by atoms with Crippen LogP contribution in [0.5, 0.6) is 0 Å². The van der Waals surface area contributed by atoms with E-state index in [0.29, 0.717) is 0 Å². The standard InChI is InChI=1S/C49H35N/c1-5-16-36(17-6-1)37-28-32-42(33-29-37)50(41-22-11-4-12-23-41)43-34-30-38(31-35-43)44-25-15-27-47-48(44)45-24-13-14-26-46(45)49(47,39-18-7-2-8-19-39)40-20-9-3-10-21-40/h1-35H. The van der Waals surface area contributed by atoms with Crippen molar-refractivity contribution in [1.82, 2.24) is 0 Å². The number of para-hydroxylation sites is 1. The summed E-state index contributed by atoms with van der Waals surface area (Å²) in [4.78, 5) is 2.33. The second-order valence-electron chi connectivity index (χ2n) is 12.9. The van der Waals surface area contributed by atoms with Crippen LogP contribution in [-0.2, 0) is 5.41 Å². The average Bonchev–Trinajstić information content (AvgIpc) is 3.51. The molecule has 0 fully saturated rings. The number of rotatable bonds is 7. The van der Waals surface area contributed by atoms with Gasteiger partial charge >= 0.3 is 0 Å². The normalized spacial score (nSPS) is 12.6. The summed E-state index contributed by atoms with van der Waals surface area (Å²) in [5.41, 5.74) is 15.6. The summed E-state index contributed by atoms with van der Waals surface area (Å²) in [6.45, 7) is 0. The zero-order valence-electron chi connectivity index (χ0n) is 27.7. The Hall–Kier alpha value is -6.44. The van der Waals surface area contributed by atoms with Gasteiger partial charge < -0.3 is 4.90 Å². The molecule has 8 aromatic rings. The van der Waals surface area contributed by atoms with Crippen molar-refractivity contribution in [2.75, 3.05) is 4.90 Å². The fourth-order valence-corrected chi connectivity index (χ4v) is 7.98. The number of benzene rings is 8. The summed E-state index contributed by atoms with van der Waals surface area (Å²) in [5, 5.41) is 0. The van der Waals surface area contributed by atoms with Crippen molar-refractivity contribution < 1.29 is 0 Å². The first kappa shape index (κ1) is 29.7. The van der Waals surface area contributed by atoms with Gasteiger partial charge in [0.1, 0.15) is 0 Å². The highest BCUT2D eigenvalue weighted by molar-refractivity contribution is 5.95. The van der Waals surface area contributed by atoms with Crippen molar-refractivity contribution >= 4 is 17.1 Å². The van der Waals surface area contributed by atoms with E-state index in [2.05, 4.69) is 217 Å². The van der Waals surface area contributed by atoms with Crippen LogP contribution in [0.15, 0.2) is 212 Å². The largest absolute Gasteiger partial charge is 0.311 e. The summed E-state index contributed by atoms with van der Waals surface area (Å²) < 4.78 is 0. The molecule has 236 valence electrons. The molecule has 0 aliphatic heterocycles. The zero-order valence-corrected chi connectivity index (χ0v) is 27.7. The maximum absolute atomic E-state index is 2.34. The molecular formula is C49H35N. The molecule has 9 rings (SSSR count). The van der Waals surface area contributed by atoms with Gasteiger partial charge in [0.15, 0.2) is 0 Å². The van der Waals surface area contributed by atoms with Crippen LogP contribution in [0.1, 0.15) is 22.3 Å². The Labute approximate surface area is 294 Å². The van der Waals surface area contributed by atoms with Crippen LogP contribution in [0.4, 0.5) is 17.1 Å². The predicted molar refractivity (Wildman–Crippen MR) is 209 cm³/mol. The van der Waals surface area contributed by atoms with Crippen molar-refractivity contribution in [3.63, 3.8) is 0 Å². The molecule has 8 aromatic carbocycles. The van der Waals surface area contributed by atoms with Crippen molar-refractivity contribution in [2.45, 2.75) is 5.41 Å². The summed E-state index contributed by atoms with van der Waals surface area (Å²) in [6.07, 6.45) is 0. The van der Waals surface area contributed by atoms with E-state index in [4.69, 9.17) is 0 Å². The molecule has 0 saturated carbocycles. The molecule has 0 heterocycles. The lowest BCUT2D eigenvalue weighted by Gasteiger charge is -2.34. The first-order valence-corrected chi connectivity index (χ1v) is 17.3.